The van der Waals surface area contributed by atoms with E-state index in [1.165, 1.54) is 0 Å². The Morgan fingerprint density at radius 3 is 1.71 bits per heavy atom. The number of hydrogen-bond acceptors (Lipinski definition) is 7. The highest BCUT2D eigenvalue weighted by Crippen LogP contribution is 2.34. The lowest BCUT2D eigenvalue weighted by atomic mass is 10.0. The van der Waals surface area contributed by atoms with E-state index in [1.54, 1.807) is 49.9 Å². The first-order valence-electron chi connectivity index (χ1n) is 17.9. The maximum atomic E-state index is 13.3. The van der Waals surface area contributed by atoms with Crippen LogP contribution < -0.4 is 5.32 Å². The summed E-state index contributed by atoms with van der Waals surface area (Å²) in [6.45, 7) is 8.37. The number of hydrogen-bond donors (Lipinski definition) is 4. The summed E-state index contributed by atoms with van der Waals surface area (Å²) in [5.74, 6) is 1.03. The second kappa shape index (κ2) is 15.7. The van der Waals surface area contributed by atoms with Crippen LogP contribution in [0.2, 0.25) is 0 Å². The SMILES string of the molecule is CCOC(=O)N[C@@H](C)C(=O)N1CCCC1c1ncc(-c2ccc(-c3ccc(-c4cnc([C@@H]5CCCN5C(=O)[C@H](C)N(CC)C(=O)O)[nH]4)cc3)cc2)[nH]1. The minimum Gasteiger partial charge on any atom is -0.465 e. The Morgan fingerprint density at radius 1 is 0.808 bits per heavy atom. The first-order chi connectivity index (χ1) is 25.1. The summed E-state index contributed by atoms with van der Waals surface area (Å²) in [7, 11) is 0. The van der Waals surface area contributed by atoms with E-state index in [4.69, 9.17) is 4.74 Å². The Kier molecular flexibility index (Phi) is 10.9. The zero-order valence-corrected chi connectivity index (χ0v) is 30.0. The van der Waals surface area contributed by atoms with Gasteiger partial charge in [-0.25, -0.2) is 19.6 Å². The molecule has 52 heavy (non-hydrogen) atoms. The van der Waals surface area contributed by atoms with Crippen molar-refractivity contribution in [1.29, 1.82) is 0 Å². The fraction of sp³-hybridized carbons (Fsp3) is 0.421. The summed E-state index contributed by atoms with van der Waals surface area (Å²) in [6.07, 6.45) is 5.06. The third kappa shape index (κ3) is 7.51. The van der Waals surface area contributed by atoms with Crippen molar-refractivity contribution in [3.8, 4) is 33.6 Å². The van der Waals surface area contributed by atoms with Crippen molar-refractivity contribution < 1.29 is 29.0 Å². The average molecular weight is 711 g/mol. The van der Waals surface area contributed by atoms with Crippen LogP contribution in [0.15, 0.2) is 60.9 Å². The number of benzene rings is 2. The molecule has 274 valence electrons. The van der Waals surface area contributed by atoms with E-state index in [-0.39, 0.29) is 37.0 Å². The van der Waals surface area contributed by atoms with Crippen LogP contribution in [0.3, 0.4) is 0 Å². The van der Waals surface area contributed by atoms with Gasteiger partial charge in [-0.15, -0.1) is 0 Å². The maximum Gasteiger partial charge on any atom is 0.407 e. The molecule has 0 spiro atoms. The molecule has 2 aromatic heterocycles. The number of carbonyl (C=O) groups is 4. The first-order valence-corrected chi connectivity index (χ1v) is 17.9. The van der Waals surface area contributed by atoms with E-state index in [2.05, 4.69) is 49.5 Å². The second-order valence-electron chi connectivity index (χ2n) is 13.2. The van der Waals surface area contributed by atoms with Gasteiger partial charge in [-0.1, -0.05) is 48.5 Å². The minimum atomic E-state index is -1.11. The highest BCUT2D eigenvalue weighted by atomic mass is 16.5. The van der Waals surface area contributed by atoms with E-state index in [0.29, 0.717) is 24.7 Å². The van der Waals surface area contributed by atoms with Gasteiger partial charge < -0.3 is 34.9 Å². The number of ether oxygens (including phenoxy) is 1. The fourth-order valence-corrected chi connectivity index (χ4v) is 7.23. The van der Waals surface area contributed by atoms with Crippen LogP contribution in [0.25, 0.3) is 33.6 Å². The molecule has 2 aliphatic rings. The number of amides is 4. The first kappa shape index (κ1) is 36.1. The molecule has 0 aliphatic carbocycles. The molecule has 2 aliphatic heterocycles. The van der Waals surface area contributed by atoms with Crippen molar-refractivity contribution in [2.75, 3.05) is 26.2 Å². The number of nitrogens with one attached hydrogen (secondary N) is 3. The van der Waals surface area contributed by atoms with Gasteiger partial charge in [0, 0.05) is 19.6 Å². The van der Waals surface area contributed by atoms with E-state index < -0.39 is 24.3 Å². The largest absolute Gasteiger partial charge is 0.465 e. The Labute approximate surface area is 302 Å². The van der Waals surface area contributed by atoms with Crippen molar-refractivity contribution in [2.24, 2.45) is 0 Å². The molecule has 4 amide bonds. The lowest BCUT2D eigenvalue weighted by molar-refractivity contribution is -0.137. The molecule has 14 nitrogen and oxygen atoms in total. The van der Waals surface area contributed by atoms with Crippen molar-refractivity contribution in [3.05, 3.63) is 72.6 Å². The molecular formula is C38H46N8O6. The Hall–Kier alpha value is -5.66. The number of carbonyl (C=O) groups excluding carboxylic acids is 3. The number of carboxylic acid groups (broad SMARTS) is 1. The van der Waals surface area contributed by atoms with Crippen molar-refractivity contribution >= 4 is 24.0 Å². The predicted octanol–water partition coefficient (Wildman–Crippen LogP) is 5.98. The number of aromatic amines is 2. The lowest BCUT2D eigenvalue weighted by Crippen LogP contribution is -2.48. The summed E-state index contributed by atoms with van der Waals surface area (Å²) in [5.41, 5.74) is 5.72. The van der Waals surface area contributed by atoms with Crippen LogP contribution in [0.4, 0.5) is 9.59 Å². The minimum absolute atomic E-state index is 0.169. The van der Waals surface area contributed by atoms with Crippen LogP contribution in [0.1, 0.15) is 77.1 Å². The van der Waals surface area contributed by atoms with Gasteiger partial charge in [-0.05, 0) is 75.6 Å². The van der Waals surface area contributed by atoms with Crippen LogP contribution in [-0.2, 0) is 14.3 Å². The van der Waals surface area contributed by atoms with Gasteiger partial charge in [0.25, 0.3) is 0 Å². The van der Waals surface area contributed by atoms with E-state index >= 15 is 0 Å². The van der Waals surface area contributed by atoms with Gasteiger partial charge in [0.15, 0.2) is 0 Å². The molecule has 2 aromatic carbocycles. The number of likely N-dealkylation sites (tertiary alicyclic amines) is 2. The summed E-state index contributed by atoms with van der Waals surface area (Å²) in [6, 6.07) is 14.5. The van der Waals surface area contributed by atoms with Gasteiger partial charge in [-0.3, -0.25) is 14.5 Å². The number of alkyl carbamates (subject to hydrolysis) is 1. The smallest absolute Gasteiger partial charge is 0.407 e. The molecule has 0 bridgehead atoms. The van der Waals surface area contributed by atoms with Gasteiger partial charge in [0.2, 0.25) is 11.8 Å². The molecule has 14 heteroatoms. The quantitative estimate of drug-likeness (QED) is 0.147. The Bertz CT molecular complexity index is 1890. The summed E-state index contributed by atoms with van der Waals surface area (Å²) in [5, 5.41) is 12.1. The molecule has 4 aromatic rings. The van der Waals surface area contributed by atoms with E-state index in [9.17, 15) is 24.3 Å². The Balaban J connectivity index is 1.09. The molecule has 0 saturated carbocycles. The number of H-pyrrole nitrogens is 2. The third-order valence-electron chi connectivity index (χ3n) is 10.0. The molecule has 2 saturated heterocycles. The highest BCUT2D eigenvalue weighted by molar-refractivity contribution is 5.86. The maximum absolute atomic E-state index is 13.3. The zero-order valence-electron chi connectivity index (χ0n) is 30.0. The number of likely N-dealkylation sites (N-methyl/N-ethyl adjacent to an activating group) is 1. The second-order valence-corrected chi connectivity index (χ2v) is 13.2. The van der Waals surface area contributed by atoms with Crippen molar-refractivity contribution in [1.82, 2.24) is 40.0 Å². The van der Waals surface area contributed by atoms with Crippen molar-refractivity contribution in [3.63, 3.8) is 0 Å². The van der Waals surface area contributed by atoms with Crippen LogP contribution in [0, 0.1) is 0 Å². The molecule has 4 atom stereocenters. The average Bonchev–Trinajstić information content (AvgIpc) is 3.98. The van der Waals surface area contributed by atoms with Crippen LogP contribution in [0.5, 0.6) is 0 Å². The zero-order chi connectivity index (χ0) is 36.9. The van der Waals surface area contributed by atoms with Gasteiger partial charge in [0.1, 0.15) is 23.7 Å². The number of rotatable bonds is 11. The van der Waals surface area contributed by atoms with Crippen molar-refractivity contribution in [2.45, 2.75) is 77.5 Å². The molecule has 4 N–H and O–H groups in total. The summed E-state index contributed by atoms with van der Waals surface area (Å²) in [4.78, 5) is 70.6. The summed E-state index contributed by atoms with van der Waals surface area (Å²) >= 11 is 0. The lowest BCUT2D eigenvalue weighted by Gasteiger charge is -2.31. The summed E-state index contributed by atoms with van der Waals surface area (Å²) < 4.78 is 4.93. The molecule has 4 heterocycles. The fourth-order valence-electron chi connectivity index (χ4n) is 7.23. The van der Waals surface area contributed by atoms with Gasteiger partial charge in [-0.2, -0.15) is 0 Å². The highest BCUT2D eigenvalue weighted by Gasteiger charge is 2.37. The van der Waals surface area contributed by atoms with Crippen LogP contribution >= 0.6 is 0 Å². The third-order valence-corrected chi connectivity index (χ3v) is 10.0. The number of nitrogens with zero attached hydrogens (tertiary/aromatic N) is 5. The van der Waals surface area contributed by atoms with E-state index in [0.717, 1.165) is 64.2 Å². The van der Waals surface area contributed by atoms with Gasteiger partial charge in [0.05, 0.1) is 42.5 Å². The topological polar surface area (TPSA) is 177 Å². The monoisotopic (exact) mass is 710 g/mol. The standard InChI is InChI=1S/C38H46N8O6/c1-5-44(38(50)51)24(4)36(48)46-20-8-10-32(46)34-40-22-30(43-34)28-17-13-26(14-18-28)25-11-15-27(16-12-25)29-21-39-33(42-29)31-9-7-19-45(31)35(47)23(3)41-37(49)52-6-2/h11-18,21-24,31-32H,5-10,19-20H2,1-4H3,(H,39,42)(H,40,43)(H,41,49)(H,50,51)/t23-,24-,31?,32-/m0/s1. The molecular weight excluding hydrogens is 664 g/mol. The molecule has 0 radical (unpaired) electrons. The number of imidazole rings is 2. The van der Waals surface area contributed by atoms with Gasteiger partial charge >= 0.3 is 12.2 Å². The number of aromatic nitrogens is 4. The van der Waals surface area contributed by atoms with E-state index in [1.807, 2.05) is 24.3 Å². The molecule has 2 fully saturated rings. The molecule has 6 rings (SSSR count). The Morgan fingerprint density at radius 2 is 1.27 bits per heavy atom. The van der Waals surface area contributed by atoms with Crippen LogP contribution in [-0.4, -0.2) is 102 Å². The molecule has 1 unspecified atom stereocenters. The predicted molar refractivity (Wildman–Crippen MR) is 194 cm³/mol. The normalized spacial score (nSPS) is 18.2.